The third-order valence-electron chi connectivity index (χ3n) is 2.16. The summed E-state index contributed by atoms with van der Waals surface area (Å²) in [4.78, 5) is 11.3. The lowest BCUT2D eigenvalue weighted by molar-refractivity contribution is -0.160. The quantitative estimate of drug-likeness (QED) is 0.586. The van der Waals surface area contributed by atoms with Gasteiger partial charge in [0.15, 0.2) is 0 Å². The van der Waals surface area contributed by atoms with Gasteiger partial charge in [0.05, 0.1) is 6.61 Å². The smallest absolute Gasteiger partial charge is 0.332 e. The van der Waals surface area contributed by atoms with Crippen LogP contribution in [-0.2, 0) is 14.3 Å². The Hall–Kier alpha value is -1.55. The largest absolute Gasteiger partial charge is 0.491 e. The van der Waals surface area contributed by atoms with Gasteiger partial charge in [-0.1, -0.05) is 17.7 Å². The molecule has 0 atom stereocenters. The van der Waals surface area contributed by atoms with Gasteiger partial charge in [-0.05, 0) is 39.8 Å². The van der Waals surface area contributed by atoms with E-state index in [1.165, 1.54) is 5.56 Å². The molecule has 0 aliphatic rings. The van der Waals surface area contributed by atoms with Crippen molar-refractivity contribution in [3.63, 3.8) is 0 Å². The zero-order chi connectivity index (χ0) is 14.3. The Bertz CT molecular complexity index is 390. The van der Waals surface area contributed by atoms with E-state index in [0.29, 0.717) is 13.2 Å². The van der Waals surface area contributed by atoms with Gasteiger partial charge in [0, 0.05) is 0 Å². The fourth-order valence-electron chi connectivity index (χ4n) is 1.38. The van der Waals surface area contributed by atoms with Crippen LogP contribution in [0.5, 0.6) is 5.75 Å². The number of rotatable bonds is 6. The van der Waals surface area contributed by atoms with Crippen LogP contribution in [0.3, 0.4) is 0 Å². The van der Waals surface area contributed by atoms with Crippen molar-refractivity contribution in [2.45, 2.75) is 33.3 Å². The molecule has 4 heteroatoms. The van der Waals surface area contributed by atoms with E-state index < -0.39 is 5.60 Å². The molecular formula is C15H22O4. The van der Waals surface area contributed by atoms with E-state index in [1.807, 2.05) is 52.0 Å². The third-order valence-corrected chi connectivity index (χ3v) is 2.16. The van der Waals surface area contributed by atoms with Gasteiger partial charge in [-0.15, -0.1) is 0 Å². The zero-order valence-electron chi connectivity index (χ0n) is 12.1. The Morgan fingerprint density at radius 3 is 2.32 bits per heavy atom. The molecule has 0 unspecified atom stereocenters. The SMILES string of the molecule is Cc1ccc(OCCOCC(=O)OC(C)(C)C)cc1. The molecule has 19 heavy (non-hydrogen) atoms. The number of benzene rings is 1. The third kappa shape index (κ3) is 7.47. The first kappa shape index (κ1) is 15.5. The minimum atomic E-state index is -0.473. The normalized spacial score (nSPS) is 11.2. The predicted octanol–water partition coefficient (Wildman–Crippen LogP) is 2.73. The van der Waals surface area contributed by atoms with Crippen LogP contribution in [0, 0.1) is 6.92 Å². The van der Waals surface area contributed by atoms with E-state index in [1.54, 1.807) is 0 Å². The summed E-state index contributed by atoms with van der Waals surface area (Å²) in [5.74, 6) is 0.439. The molecular weight excluding hydrogens is 244 g/mol. The molecule has 0 spiro atoms. The lowest BCUT2D eigenvalue weighted by atomic mass is 10.2. The Labute approximate surface area is 114 Å². The highest BCUT2D eigenvalue weighted by molar-refractivity contribution is 5.71. The van der Waals surface area contributed by atoms with Crippen LogP contribution < -0.4 is 4.74 Å². The zero-order valence-corrected chi connectivity index (χ0v) is 12.1. The van der Waals surface area contributed by atoms with Crippen LogP contribution >= 0.6 is 0 Å². The second kappa shape index (κ2) is 7.14. The average Bonchev–Trinajstić information content (AvgIpc) is 2.29. The van der Waals surface area contributed by atoms with Crippen molar-refractivity contribution >= 4 is 5.97 Å². The number of hydrogen-bond acceptors (Lipinski definition) is 4. The Morgan fingerprint density at radius 1 is 1.11 bits per heavy atom. The molecule has 1 aromatic carbocycles. The maximum atomic E-state index is 11.3. The number of carbonyl (C=O) groups excluding carboxylic acids is 1. The van der Waals surface area contributed by atoms with Gasteiger partial charge in [-0.25, -0.2) is 4.79 Å². The Morgan fingerprint density at radius 2 is 1.74 bits per heavy atom. The second-order valence-corrected chi connectivity index (χ2v) is 5.30. The van der Waals surface area contributed by atoms with Crippen molar-refractivity contribution in [2.75, 3.05) is 19.8 Å². The van der Waals surface area contributed by atoms with Gasteiger partial charge in [0.25, 0.3) is 0 Å². The van der Waals surface area contributed by atoms with Crippen LogP contribution in [0.1, 0.15) is 26.3 Å². The minimum Gasteiger partial charge on any atom is -0.491 e. The molecule has 0 radical (unpaired) electrons. The van der Waals surface area contributed by atoms with Crippen molar-refractivity contribution < 1.29 is 19.0 Å². The summed E-state index contributed by atoms with van der Waals surface area (Å²) in [6.45, 7) is 8.21. The fraction of sp³-hybridized carbons (Fsp3) is 0.533. The van der Waals surface area contributed by atoms with E-state index in [0.717, 1.165) is 5.75 Å². The summed E-state index contributed by atoms with van der Waals surface area (Å²) in [6.07, 6.45) is 0. The summed E-state index contributed by atoms with van der Waals surface area (Å²) < 4.78 is 15.8. The number of carbonyl (C=O) groups is 1. The molecule has 0 aromatic heterocycles. The van der Waals surface area contributed by atoms with Crippen molar-refractivity contribution in [1.29, 1.82) is 0 Å². The van der Waals surface area contributed by atoms with Crippen LogP contribution in [0.25, 0.3) is 0 Å². The molecule has 0 saturated carbocycles. The number of esters is 1. The van der Waals surface area contributed by atoms with Gasteiger partial charge >= 0.3 is 5.97 Å². The average molecular weight is 266 g/mol. The van der Waals surface area contributed by atoms with Crippen molar-refractivity contribution in [1.82, 2.24) is 0 Å². The highest BCUT2D eigenvalue weighted by Crippen LogP contribution is 2.11. The van der Waals surface area contributed by atoms with E-state index in [-0.39, 0.29) is 12.6 Å². The van der Waals surface area contributed by atoms with Gasteiger partial charge in [0.1, 0.15) is 24.6 Å². The summed E-state index contributed by atoms with van der Waals surface area (Å²) in [6, 6.07) is 7.78. The van der Waals surface area contributed by atoms with E-state index in [2.05, 4.69) is 0 Å². The molecule has 106 valence electrons. The van der Waals surface area contributed by atoms with E-state index in [4.69, 9.17) is 14.2 Å². The topological polar surface area (TPSA) is 44.8 Å². The minimum absolute atomic E-state index is 0.0471. The van der Waals surface area contributed by atoms with Crippen molar-refractivity contribution in [3.8, 4) is 5.75 Å². The molecule has 0 amide bonds. The summed E-state index contributed by atoms with van der Waals surface area (Å²) in [5, 5.41) is 0. The summed E-state index contributed by atoms with van der Waals surface area (Å²) >= 11 is 0. The highest BCUT2D eigenvalue weighted by atomic mass is 16.6. The van der Waals surface area contributed by atoms with Crippen molar-refractivity contribution in [3.05, 3.63) is 29.8 Å². The molecule has 0 bridgehead atoms. The monoisotopic (exact) mass is 266 g/mol. The maximum absolute atomic E-state index is 11.3. The lowest BCUT2D eigenvalue weighted by Crippen LogP contribution is -2.27. The molecule has 1 aromatic rings. The predicted molar refractivity (Wildman–Crippen MR) is 73.3 cm³/mol. The van der Waals surface area contributed by atoms with Gasteiger partial charge < -0.3 is 14.2 Å². The molecule has 0 N–H and O–H groups in total. The first-order chi connectivity index (χ1) is 8.87. The Balaban J connectivity index is 2.11. The van der Waals surface area contributed by atoms with Gasteiger partial charge in [-0.3, -0.25) is 0 Å². The maximum Gasteiger partial charge on any atom is 0.332 e. The van der Waals surface area contributed by atoms with Crippen LogP contribution in [0.15, 0.2) is 24.3 Å². The number of aryl methyl sites for hydroxylation is 1. The summed E-state index contributed by atoms with van der Waals surface area (Å²) in [5.41, 5.74) is 0.715. The summed E-state index contributed by atoms with van der Waals surface area (Å²) in [7, 11) is 0. The number of ether oxygens (including phenoxy) is 3. The van der Waals surface area contributed by atoms with Gasteiger partial charge in [0.2, 0.25) is 0 Å². The highest BCUT2D eigenvalue weighted by Gasteiger charge is 2.15. The first-order valence-corrected chi connectivity index (χ1v) is 6.36. The lowest BCUT2D eigenvalue weighted by Gasteiger charge is -2.19. The molecule has 4 nitrogen and oxygen atoms in total. The Kier molecular flexibility index (Phi) is 5.83. The van der Waals surface area contributed by atoms with E-state index >= 15 is 0 Å². The molecule has 1 rings (SSSR count). The molecule has 0 heterocycles. The molecule has 0 aliphatic carbocycles. The van der Waals surface area contributed by atoms with Crippen LogP contribution in [0.2, 0.25) is 0 Å². The fourth-order valence-corrected chi connectivity index (χ4v) is 1.38. The van der Waals surface area contributed by atoms with Crippen LogP contribution in [-0.4, -0.2) is 31.4 Å². The second-order valence-electron chi connectivity index (χ2n) is 5.30. The first-order valence-electron chi connectivity index (χ1n) is 6.36. The van der Waals surface area contributed by atoms with Crippen molar-refractivity contribution in [2.24, 2.45) is 0 Å². The standard InChI is InChI=1S/C15H22O4/c1-12-5-7-13(8-6-12)18-10-9-17-11-14(16)19-15(2,3)4/h5-8H,9-11H2,1-4H3. The molecule has 0 aliphatic heterocycles. The van der Waals surface area contributed by atoms with Gasteiger partial charge in [-0.2, -0.15) is 0 Å². The van der Waals surface area contributed by atoms with E-state index in [9.17, 15) is 4.79 Å². The molecule has 0 fully saturated rings. The van der Waals surface area contributed by atoms with Crippen LogP contribution in [0.4, 0.5) is 0 Å². The molecule has 0 saturated heterocycles. The number of hydrogen-bond donors (Lipinski definition) is 0.